The van der Waals surface area contributed by atoms with Gasteiger partial charge in [0.25, 0.3) is 0 Å². The lowest BCUT2D eigenvalue weighted by atomic mass is 10.00. The highest BCUT2D eigenvalue weighted by Gasteiger charge is 2.30. The van der Waals surface area contributed by atoms with E-state index >= 15 is 0 Å². The first-order chi connectivity index (χ1) is 12.9. The fourth-order valence-corrected chi connectivity index (χ4v) is 2.55. The Morgan fingerprint density at radius 2 is 1.44 bits per heavy atom. The number of nitrogens with one attached hydrogen (secondary N) is 1. The van der Waals surface area contributed by atoms with E-state index in [1.807, 2.05) is 0 Å². The highest BCUT2D eigenvalue weighted by Crippen LogP contribution is 2.23. The number of ether oxygens (including phenoxy) is 2. The van der Waals surface area contributed by atoms with E-state index in [4.69, 9.17) is 9.47 Å². The first-order valence-corrected chi connectivity index (χ1v) is 8.63. The second-order valence-corrected chi connectivity index (χ2v) is 6.32. The molecule has 6 heteroatoms. The van der Waals surface area contributed by atoms with Gasteiger partial charge in [-0.05, 0) is 5.92 Å². The van der Waals surface area contributed by atoms with Crippen LogP contribution < -0.4 is 5.32 Å². The molecule has 1 amide bonds. The van der Waals surface area contributed by atoms with Gasteiger partial charge < -0.3 is 14.8 Å². The van der Waals surface area contributed by atoms with Crippen molar-refractivity contribution in [3.63, 3.8) is 0 Å². The van der Waals surface area contributed by atoms with Crippen LogP contribution in [0.5, 0.6) is 0 Å². The standard InChI is InChI=1S/C21H23NO5/c1-14(2)17(20(24)26-3)22-21(25)27-19(16-12-8-5-9-13-16)18(23)15-10-6-4-7-11-15/h4-14,17,19H,1-3H3,(H,22,25). The number of carbonyl (C=O) groups excluding carboxylic acids is 3. The van der Waals surface area contributed by atoms with Crippen molar-refractivity contribution in [2.75, 3.05) is 7.11 Å². The maximum atomic E-state index is 12.9. The quantitative estimate of drug-likeness (QED) is 0.596. The molecule has 1 N–H and O–H groups in total. The molecule has 142 valence electrons. The molecule has 0 saturated heterocycles. The van der Waals surface area contributed by atoms with Crippen LogP contribution in [0.15, 0.2) is 60.7 Å². The third-order valence-corrected chi connectivity index (χ3v) is 4.02. The number of esters is 1. The summed E-state index contributed by atoms with van der Waals surface area (Å²) in [7, 11) is 1.25. The average molecular weight is 369 g/mol. The molecule has 0 radical (unpaired) electrons. The molecule has 2 unspecified atom stereocenters. The van der Waals surface area contributed by atoms with E-state index in [9.17, 15) is 14.4 Å². The minimum atomic E-state index is -1.13. The van der Waals surface area contributed by atoms with Gasteiger partial charge in [-0.15, -0.1) is 0 Å². The SMILES string of the molecule is COC(=O)C(NC(=O)OC(C(=O)c1ccccc1)c1ccccc1)C(C)C. The maximum absolute atomic E-state index is 12.9. The Bertz CT molecular complexity index is 774. The number of methoxy groups -OCH3 is 1. The molecule has 27 heavy (non-hydrogen) atoms. The van der Waals surface area contributed by atoms with Crippen molar-refractivity contribution in [1.82, 2.24) is 5.32 Å². The zero-order valence-electron chi connectivity index (χ0n) is 15.5. The van der Waals surface area contributed by atoms with Gasteiger partial charge in [0.05, 0.1) is 7.11 Å². The lowest BCUT2D eigenvalue weighted by Crippen LogP contribution is -2.45. The van der Waals surface area contributed by atoms with Gasteiger partial charge in [0, 0.05) is 11.1 Å². The molecule has 2 atom stereocenters. The third-order valence-electron chi connectivity index (χ3n) is 4.02. The van der Waals surface area contributed by atoms with Gasteiger partial charge in [0.15, 0.2) is 6.10 Å². The van der Waals surface area contributed by atoms with Crippen LogP contribution >= 0.6 is 0 Å². The van der Waals surface area contributed by atoms with Crippen molar-refractivity contribution in [3.8, 4) is 0 Å². The maximum Gasteiger partial charge on any atom is 0.408 e. The number of hydrogen-bond donors (Lipinski definition) is 1. The Morgan fingerprint density at radius 3 is 1.96 bits per heavy atom. The fraction of sp³-hybridized carbons (Fsp3) is 0.286. The third kappa shape index (κ3) is 5.41. The minimum absolute atomic E-state index is 0.204. The number of amides is 1. The highest BCUT2D eigenvalue weighted by atomic mass is 16.6. The number of rotatable bonds is 7. The number of hydrogen-bond acceptors (Lipinski definition) is 5. The van der Waals surface area contributed by atoms with Crippen LogP contribution in [0.4, 0.5) is 4.79 Å². The number of carbonyl (C=O) groups is 3. The number of alkyl carbamates (subject to hydrolysis) is 1. The molecule has 6 nitrogen and oxygen atoms in total. The summed E-state index contributed by atoms with van der Waals surface area (Å²) in [5, 5.41) is 2.49. The second-order valence-electron chi connectivity index (χ2n) is 6.32. The van der Waals surface area contributed by atoms with E-state index in [0.29, 0.717) is 11.1 Å². The fourth-order valence-electron chi connectivity index (χ4n) is 2.55. The lowest BCUT2D eigenvalue weighted by molar-refractivity contribution is -0.144. The second kappa shape index (κ2) is 9.52. The molecule has 0 aliphatic carbocycles. The molecule has 2 aromatic rings. The predicted molar refractivity (Wildman–Crippen MR) is 100 cm³/mol. The summed E-state index contributed by atoms with van der Waals surface area (Å²) in [6, 6.07) is 16.5. The van der Waals surface area contributed by atoms with Crippen LogP contribution in [-0.2, 0) is 14.3 Å². The molecule has 0 aliphatic heterocycles. The molecule has 0 aromatic heterocycles. The molecule has 0 spiro atoms. The molecule has 0 aliphatic rings. The smallest absolute Gasteiger partial charge is 0.408 e. The molecular formula is C21H23NO5. The summed E-state index contributed by atoms with van der Waals surface area (Å²) in [6.45, 7) is 3.54. The minimum Gasteiger partial charge on any atom is -0.467 e. The topological polar surface area (TPSA) is 81.7 Å². The summed E-state index contributed by atoms with van der Waals surface area (Å²) in [4.78, 5) is 37.1. The summed E-state index contributed by atoms with van der Waals surface area (Å²) < 4.78 is 10.1. The van der Waals surface area contributed by atoms with Crippen molar-refractivity contribution in [3.05, 3.63) is 71.8 Å². The zero-order valence-corrected chi connectivity index (χ0v) is 15.5. The molecule has 2 rings (SSSR count). The van der Waals surface area contributed by atoms with E-state index in [-0.39, 0.29) is 11.7 Å². The molecular weight excluding hydrogens is 346 g/mol. The van der Waals surface area contributed by atoms with Crippen LogP contribution in [0.25, 0.3) is 0 Å². The lowest BCUT2D eigenvalue weighted by Gasteiger charge is -2.22. The van der Waals surface area contributed by atoms with Crippen molar-refractivity contribution in [1.29, 1.82) is 0 Å². The van der Waals surface area contributed by atoms with Gasteiger partial charge in [0.2, 0.25) is 5.78 Å². The zero-order chi connectivity index (χ0) is 19.8. The van der Waals surface area contributed by atoms with Gasteiger partial charge in [-0.1, -0.05) is 74.5 Å². The summed E-state index contributed by atoms with van der Waals surface area (Å²) in [6.07, 6.45) is -1.99. The van der Waals surface area contributed by atoms with Gasteiger partial charge in [-0.3, -0.25) is 4.79 Å². The van der Waals surface area contributed by atoms with Crippen LogP contribution in [-0.4, -0.2) is 31.0 Å². The van der Waals surface area contributed by atoms with Crippen LogP contribution in [0.1, 0.15) is 35.9 Å². The summed E-state index contributed by atoms with van der Waals surface area (Å²) >= 11 is 0. The van der Waals surface area contributed by atoms with Gasteiger partial charge in [-0.2, -0.15) is 0 Å². The highest BCUT2D eigenvalue weighted by molar-refractivity contribution is 6.01. The van der Waals surface area contributed by atoms with E-state index in [1.165, 1.54) is 7.11 Å². The Morgan fingerprint density at radius 1 is 0.889 bits per heavy atom. The van der Waals surface area contributed by atoms with Gasteiger partial charge >= 0.3 is 12.1 Å². The first kappa shape index (κ1) is 20.2. The molecule has 0 bridgehead atoms. The van der Waals surface area contributed by atoms with Crippen LogP contribution in [0, 0.1) is 5.92 Å². The van der Waals surface area contributed by atoms with Crippen LogP contribution in [0.2, 0.25) is 0 Å². The largest absolute Gasteiger partial charge is 0.467 e. The summed E-state index contributed by atoms with van der Waals surface area (Å²) in [5.74, 6) is -1.13. The van der Waals surface area contributed by atoms with Crippen molar-refractivity contribution in [2.24, 2.45) is 5.92 Å². The number of ketones is 1. The molecule has 0 heterocycles. The Balaban J connectivity index is 2.23. The van der Waals surface area contributed by atoms with Crippen molar-refractivity contribution in [2.45, 2.75) is 26.0 Å². The van der Waals surface area contributed by atoms with Crippen molar-refractivity contribution < 1.29 is 23.9 Å². The van der Waals surface area contributed by atoms with Gasteiger partial charge in [0.1, 0.15) is 6.04 Å². The molecule has 0 saturated carbocycles. The first-order valence-electron chi connectivity index (χ1n) is 8.63. The van der Waals surface area contributed by atoms with E-state index in [2.05, 4.69) is 5.32 Å². The predicted octanol–water partition coefficient (Wildman–Crippen LogP) is 3.53. The normalized spacial score (nSPS) is 12.7. The number of benzene rings is 2. The van der Waals surface area contributed by atoms with Crippen molar-refractivity contribution >= 4 is 17.8 Å². The molecule has 0 fully saturated rings. The van der Waals surface area contributed by atoms with Gasteiger partial charge in [-0.25, -0.2) is 9.59 Å². The molecule has 2 aromatic carbocycles. The monoisotopic (exact) mass is 369 g/mol. The van der Waals surface area contributed by atoms with E-state index in [0.717, 1.165) is 0 Å². The average Bonchev–Trinajstić information content (AvgIpc) is 2.70. The Kier molecular flexibility index (Phi) is 7.11. The Labute approximate surface area is 158 Å². The summed E-state index contributed by atoms with van der Waals surface area (Å²) in [5.41, 5.74) is 0.966. The van der Waals surface area contributed by atoms with E-state index < -0.39 is 24.2 Å². The van der Waals surface area contributed by atoms with Crippen LogP contribution in [0.3, 0.4) is 0 Å². The van der Waals surface area contributed by atoms with E-state index in [1.54, 1.807) is 74.5 Å². The number of Topliss-reactive ketones (excluding diaryl/α,β-unsaturated/α-hetero) is 1. The Hall–Kier alpha value is -3.15.